The molecule has 7 heteroatoms. The molecule has 1 aromatic carbocycles. The number of carbonyl (C=O) groups excluding carboxylic acids is 1. The van der Waals surface area contributed by atoms with E-state index in [9.17, 15) is 9.18 Å². The Balaban J connectivity index is 1.91. The fourth-order valence-corrected chi connectivity index (χ4v) is 2.62. The Hall–Kier alpha value is -2.67. The molecule has 2 aromatic rings. The van der Waals surface area contributed by atoms with Crippen LogP contribution in [0.25, 0.3) is 11.3 Å². The number of rotatable bonds is 5. The van der Waals surface area contributed by atoms with E-state index in [1.165, 1.54) is 13.2 Å². The molecule has 0 saturated heterocycles. The second kappa shape index (κ2) is 7.48. The van der Waals surface area contributed by atoms with Crippen LogP contribution in [0, 0.1) is 5.82 Å². The third kappa shape index (κ3) is 3.71. The van der Waals surface area contributed by atoms with E-state index in [1.54, 1.807) is 36.3 Å². The molecule has 0 unspecified atom stereocenters. The smallest absolute Gasteiger partial charge is 0.260 e. The molecule has 1 aliphatic heterocycles. The van der Waals surface area contributed by atoms with Crippen LogP contribution < -0.4 is 9.47 Å². The monoisotopic (exact) mass is 346 g/mol. The molecule has 132 valence electrons. The number of nitrogens with zero attached hydrogens (tertiary/aromatic N) is 2. The van der Waals surface area contributed by atoms with Crippen molar-refractivity contribution in [2.24, 2.45) is 0 Å². The van der Waals surface area contributed by atoms with Gasteiger partial charge in [0.25, 0.3) is 5.91 Å². The van der Waals surface area contributed by atoms with Gasteiger partial charge in [0, 0.05) is 19.2 Å². The van der Waals surface area contributed by atoms with E-state index in [4.69, 9.17) is 14.2 Å². The Morgan fingerprint density at radius 3 is 2.84 bits per heavy atom. The molecule has 2 heterocycles. The van der Waals surface area contributed by atoms with Gasteiger partial charge in [-0.05, 0) is 30.3 Å². The zero-order valence-electron chi connectivity index (χ0n) is 14.1. The van der Waals surface area contributed by atoms with Crippen LogP contribution in [0.15, 0.2) is 30.3 Å². The molecule has 1 aliphatic rings. The largest absolute Gasteiger partial charge is 0.494 e. The van der Waals surface area contributed by atoms with Crippen LogP contribution in [0.2, 0.25) is 0 Å². The fourth-order valence-electron chi connectivity index (χ4n) is 2.62. The van der Waals surface area contributed by atoms with E-state index in [2.05, 4.69) is 4.98 Å². The van der Waals surface area contributed by atoms with Gasteiger partial charge in [-0.1, -0.05) is 0 Å². The second-order valence-corrected chi connectivity index (χ2v) is 5.59. The first-order chi connectivity index (χ1) is 12.1. The van der Waals surface area contributed by atoms with Gasteiger partial charge in [-0.2, -0.15) is 0 Å². The molecule has 0 saturated carbocycles. The number of methoxy groups -OCH3 is 2. The molecule has 1 amide bonds. The van der Waals surface area contributed by atoms with Crippen LogP contribution in [-0.4, -0.2) is 49.8 Å². The van der Waals surface area contributed by atoms with Crippen molar-refractivity contribution >= 4 is 5.91 Å². The van der Waals surface area contributed by atoms with Crippen LogP contribution in [0.3, 0.4) is 0 Å². The zero-order valence-corrected chi connectivity index (χ0v) is 14.1. The predicted octanol–water partition coefficient (Wildman–Crippen LogP) is 2.26. The molecule has 1 aromatic heterocycles. The molecule has 25 heavy (non-hydrogen) atoms. The summed E-state index contributed by atoms with van der Waals surface area (Å²) in [5.74, 6) is 0.168. The van der Waals surface area contributed by atoms with Gasteiger partial charge in [0.05, 0.1) is 26.0 Å². The molecule has 0 aliphatic carbocycles. The van der Waals surface area contributed by atoms with E-state index in [1.807, 2.05) is 0 Å². The first kappa shape index (κ1) is 17.2. The van der Waals surface area contributed by atoms with Crippen molar-refractivity contribution in [2.45, 2.75) is 6.54 Å². The molecule has 0 N–H and O–H groups in total. The average Bonchev–Trinajstić information content (AvgIpc) is 2.78. The topological polar surface area (TPSA) is 60.9 Å². The molecule has 0 radical (unpaired) electrons. The number of hydrogen-bond acceptors (Lipinski definition) is 5. The minimum Gasteiger partial charge on any atom is -0.494 e. The Labute approximate surface area is 145 Å². The number of halogens is 1. The van der Waals surface area contributed by atoms with Crippen LogP contribution in [0.1, 0.15) is 5.69 Å². The minimum atomic E-state index is -0.454. The van der Waals surface area contributed by atoms with Crippen LogP contribution >= 0.6 is 0 Å². The van der Waals surface area contributed by atoms with Crippen LogP contribution in [0.5, 0.6) is 11.5 Å². The summed E-state index contributed by atoms with van der Waals surface area (Å²) in [6.45, 7) is 1.19. The Morgan fingerprint density at radius 1 is 1.28 bits per heavy atom. The van der Waals surface area contributed by atoms with Crippen molar-refractivity contribution in [3.05, 3.63) is 41.8 Å². The van der Waals surface area contributed by atoms with Gasteiger partial charge in [0.1, 0.15) is 11.4 Å². The van der Waals surface area contributed by atoms with Crippen LogP contribution in [0.4, 0.5) is 4.39 Å². The Kier molecular flexibility index (Phi) is 5.14. The lowest BCUT2D eigenvalue weighted by atomic mass is 10.1. The number of amides is 1. The SMILES string of the molecule is COCCN1Cc2nc(-c3ccc(OC)c(F)c3)ccc2OCC1=O. The average molecular weight is 346 g/mol. The molecule has 0 bridgehead atoms. The lowest BCUT2D eigenvalue weighted by molar-refractivity contribution is -0.133. The number of hydrogen-bond donors (Lipinski definition) is 0. The summed E-state index contributed by atoms with van der Waals surface area (Å²) in [6, 6.07) is 8.17. The molecule has 0 fully saturated rings. The maximum Gasteiger partial charge on any atom is 0.260 e. The normalized spacial score (nSPS) is 13.9. The van der Waals surface area contributed by atoms with Crippen molar-refractivity contribution in [1.82, 2.24) is 9.88 Å². The maximum atomic E-state index is 13.9. The maximum absolute atomic E-state index is 13.9. The van der Waals surface area contributed by atoms with E-state index >= 15 is 0 Å². The van der Waals surface area contributed by atoms with Crippen LogP contribution in [-0.2, 0) is 16.1 Å². The van der Waals surface area contributed by atoms with E-state index in [0.717, 1.165) is 0 Å². The van der Waals surface area contributed by atoms with E-state index < -0.39 is 5.82 Å². The highest BCUT2D eigenvalue weighted by molar-refractivity contribution is 5.78. The Bertz CT molecular complexity index is 782. The minimum absolute atomic E-state index is 0.0328. The molecular weight excluding hydrogens is 327 g/mol. The lowest BCUT2D eigenvalue weighted by Gasteiger charge is -2.19. The third-order valence-corrected chi connectivity index (χ3v) is 3.99. The van der Waals surface area contributed by atoms with E-state index in [0.29, 0.717) is 42.4 Å². The van der Waals surface area contributed by atoms with Gasteiger partial charge < -0.3 is 19.1 Å². The first-order valence-corrected chi connectivity index (χ1v) is 7.85. The molecule has 0 atom stereocenters. The van der Waals surface area contributed by atoms with Gasteiger partial charge in [-0.25, -0.2) is 9.37 Å². The predicted molar refractivity (Wildman–Crippen MR) is 89.0 cm³/mol. The summed E-state index contributed by atoms with van der Waals surface area (Å²) in [5.41, 5.74) is 1.86. The zero-order chi connectivity index (χ0) is 17.8. The summed E-state index contributed by atoms with van der Waals surface area (Å²) in [4.78, 5) is 18.3. The van der Waals surface area contributed by atoms with Crippen molar-refractivity contribution in [3.8, 4) is 22.8 Å². The number of fused-ring (bicyclic) bond motifs is 1. The molecule has 3 rings (SSSR count). The Morgan fingerprint density at radius 2 is 2.12 bits per heavy atom. The highest BCUT2D eigenvalue weighted by Gasteiger charge is 2.22. The van der Waals surface area contributed by atoms with Gasteiger partial charge in [0.15, 0.2) is 18.2 Å². The number of aromatic nitrogens is 1. The molecular formula is C18H19FN2O4. The number of benzene rings is 1. The van der Waals surface area contributed by atoms with Crippen molar-refractivity contribution in [2.75, 3.05) is 34.0 Å². The third-order valence-electron chi connectivity index (χ3n) is 3.99. The second-order valence-electron chi connectivity index (χ2n) is 5.59. The summed E-state index contributed by atoms with van der Waals surface area (Å²) in [6.07, 6.45) is 0. The van der Waals surface area contributed by atoms with Gasteiger partial charge in [-0.3, -0.25) is 4.79 Å². The number of pyridine rings is 1. The highest BCUT2D eigenvalue weighted by atomic mass is 19.1. The molecule has 6 nitrogen and oxygen atoms in total. The summed E-state index contributed by atoms with van der Waals surface area (Å²) in [7, 11) is 3.00. The number of carbonyl (C=O) groups is 1. The van der Waals surface area contributed by atoms with Gasteiger partial charge in [0.2, 0.25) is 0 Å². The quantitative estimate of drug-likeness (QED) is 0.831. The summed E-state index contributed by atoms with van der Waals surface area (Å²) >= 11 is 0. The summed E-state index contributed by atoms with van der Waals surface area (Å²) < 4.78 is 29.5. The lowest BCUT2D eigenvalue weighted by Crippen LogP contribution is -2.35. The highest BCUT2D eigenvalue weighted by Crippen LogP contribution is 2.28. The first-order valence-electron chi connectivity index (χ1n) is 7.85. The van der Waals surface area contributed by atoms with Gasteiger partial charge in [-0.15, -0.1) is 0 Å². The van der Waals surface area contributed by atoms with Crippen molar-refractivity contribution in [1.29, 1.82) is 0 Å². The summed E-state index contributed by atoms with van der Waals surface area (Å²) in [5, 5.41) is 0. The number of ether oxygens (including phenoxy) is 3. The van der Waals surface area contributed by atoms with Crippen molar-refractivity contribution < 1.29 is 23.4 Å². The van der Waals surface area contributed by atoms with Crippen molar-refractivity contribution in [3.63, 3.8) is 0 Å². The van der Waals surface area contributed by atoms with Gasteiger partial charge >= 0.3 is 0 Å². The standard InChI is InChI=1S/C18H19FN2O4/c1-23-8-7-21-10-15-17(25-11-18(21)22)6-4-14(20-15)12-3-5-16(24-2)13(19)9-12/h3-6,9H,7-8,10-11H2,1-2H3. The van der Waals surface area contributed by atoms with E-state index in [-0.39, 0.29) is 18.3 Å². The molecule has 0 spiro atoms. The fraction of sp³-hybridized carbons (Fsp3) is 0.333.